The van der Waals surface area contributed by atoms with E-state index in [2.05, 4.69) is 31.9 Å². The van der Waals surface area contributed by atoms with Crippen molar-refractivity contribution >= 4 is 53.1 Å². The van der Waals surface area contributed by atoms with Gasteiger partial charge in [0.1, 0.15) is 0 Å². The molecule has 0 atom stereocenters. The Morgan fingerprint density at radius 1 is 0.789 bits per heavy atom. The summed E-state index contributed by atoms with van der Waals surface area (Å²) in [5.41, 5.74) is 13.6. The summed E-state index contributed by atoms with van der Waals surface area (Å²) < 4.78 is 26.3. The van der Waals surface area contributed by atoms with Gasteiger partial charge in [-0.1, -0.05) is 0 Å². The molecule has 2 aromatic carbocycles. The van der Waals surface area contributed by atoms with E-state index in [-0.39, 0.29) is 9.79 Å². The molecule has 4 N–H and O–H groups in total. The van der Waals surface area contributed by atoms with Gasteiger partial charge in [-0.2, -0.15) is 0 Å². The lowest BCUT2D eigenvalue weighted by molar-refractivity contribution is 0.598. The lowest BCUT2D eigenvalue weighted by atomic mass is 10.1. The van der Waals surface area contributed by atoms with E-state index in [1.165, 1.54) is 12.1 Å². The molecule has 0 spiro atoms. The third-order valence-corrected chi connectivity index (χ3v) is 6.27. The second-order valence-electron chi connectivity index (χ2n) is 4.24. The van der Waals surface area contributed by atoms with E-state index >= 15 is 0 Å². The largest absolute Gasteiger partial charge is 0.398 e. The van der Waals surface area contributed by atoms with Crippen LogP contribution < -0.4 is 11.5 Å². The van der Waals surface area contributed by atoms with Crippen molar-refractivity contribution in [1.82, 2.24) is 0 Å². The molecule has 0 bridgehead atoms. The molecule has 1 heterocycles. The fourth-order valence-electron chi connectivity index (χ4n) is 2.12. The Labute approximate surface area is 127 Å². The maximum Gasteiger partial charge on any atom is 0.207 e. The van der Waals surface area contributed by atoms with Crippen LogP contribution in [0.5, 0.6) is 0 Å². The van der Waals surface area contributed by atoms with E-state index in [0.29, 0.717) is 31.4 Å². The second kappa shape index (κ2) is 3.97. The molecule has 2 aromatic rings. The van der Waals surface area contributed by atoms with Gasteiger partial charge >= 0.3 is 0 Å². The summed E-state index contributed by atoms with van der Waals surface area (Å²) >= 11 is 6.63. The number of halogens is 2. The van der Waals surface area contributed by atoms with Crippen LogP contribution in [-0.2, 0) is 9.84 Å². The van der Waals surface area contributed by atoms with Crippen molar-refractivity contribution < 1.29 is 8.42 Å². The van der Waals surface area contributed by atoms with Gasteiger partial charge in [-0.3, -0.25) is 0 Å². The molecule has 1 aliphatic rings. The molecule has 0 aliphatic carbocycles. The summed E-state index contributed by atoms with van der Waals surface area (Å²) in [5.74, 6) is 0. The molecule has 4 nitrogen and oxygen atoms in total. The minimum Gasteiger partial charge on any atom is -0.398 e. The standard InChI is InChI=1S/C12H8Br2N2O2S/c13-7-1-5-6-2-8(14)10(16)4-12(6)19(17,18)11(5)3-9(7)15/h1-4H,15-16H2. The number of benzene rings is 2. The van der Waals surface area contributed by atoms with E-state index < -0.39 is 9.84 Å². The summed E-state index contributed by atoms with van der Waals surface area (Å²) in [7, 11) is -3.55. The molecular formula is C12H8Br2N2O2S. The van der Waals surface area contributed by atoms with Crippen molar-refractivity contribution in [2.45, 2.75) is 9.79 Å². The highest BCUT2D eigenvalue weighted by atomic mass is 79.9. The maximum absolute atomic E-state index is 12.5. The quantitative estimate of drug-likeness (QED) is 0.564. The smallest absolute Gasteiger partial charge is 0.207 e. The first-order chi connectivity index (χ1) is 8.82. The first-order valence-electron chi connectivity index (χ1n) is 5.26. The molecule has 1 aliphatic heterocycles. The summed E-state index contributed by atoms with van der Waals surface area (Å²) in [6.07, 6.45) is 0. The highest BCUT2D eigenvalue weighted by molar-refractivity contribution is 9.11. The van der Waals surface area contributed by atoms with Gasteiger partial charge in [-0.15, -0.1) is 0 Å². The highest BCUT2D eigenvalue weighted by Crippen LogP contribution is 2.47. The average molecular weight is 404 g/mol. The number of anilines is 2. The zero-order chi connectivity index (χ0) is 13.9. The van der Waals surface area contributed by atoms with Crippen molar-refractivity contribution in [3.05, 3.63) is 33.2 Å². The predicted octanol–water partition coefficient (Wildman–Crippen LogP) is 3.19. The monoisotopic (exact) mass is 402 g/mol. The molecule has 0 saturated heterocycles. The van der Waals surface area contributed by atoms with Gasteiger partial charge < -0.3 is 11.5 Å². The minimum atomic E-state index is -3.55. The molecular weight excluding hydrogens is 396 g/mol. The number of hydrogen-bond donors (Lipinski definition) is 2. The maximum atomic E-state index is 12.5. The van der Waals surface area contributed by atoms with Crippen LogP contribution in [0.3, 0.4) is 0 Å². The lowest BCUT2D eigenvalue weighted by Gasteiger charge is -2.04. The number of nitrogens with two attached hydrogens (primary N) is 2. The van der Waals surface area contributed by atoms with Crippen molar-refractivity contribution in [2.24, 2.45) is 0 Å². The van der Waals surface area contributed by atoms with Crippen LogP contribution in [0.4, 0.5) is 11.4 Å². The summed E-state index contributed by atoms with van der Waals surface area (Å²) in [6, 6.07) is 6.38. The third-order valence-electron chi connectivity index (χ3n) is 3.07. The van der Waals surface area contributed by atoms with Gasteiger partial charge in [0.15, 0.2) is 0 Å². The number of nitrogen functional groups attached to an aromatic ring is 2. The molecule has 3 rings (SSSR count). The Hall–Kier alpha value is -1.05. The Kier molecular flexibility index (Phi) is 2.71. The van der Waals surface area contributed by atoms with Crippen LogP contribution in [0.2, 0.25) is 0 Å². The normalized spacial score (nSPS) is 15.1. The summed E-state index contributed by atoms with van der Waals surface area (Å²) in [6.45, 7) is 0. The minimum absolute atomic E-state index is 0.223. The van der Waals surface area contributed by atoms with Crippen LogP contribution in [0.15, 0.2) is 43.0 Å². The zero-order valence-corrected chi connectivity index (χ0v) is 13.4. The first kappa shape index (κ1) is 13.0. The van der Waals surface area contributed by atoms with Gasteiger partial charge in [0.25, 0.3) is 0 Å². The average Bonchev–Trinajstić information content (AvgIpc) is 2.52. The van der Waals surface area contributed by atoms with Crippen LogP contribution in [0, 0.1) is 0 Å². The van der Waals surface area contributed by atoms with E-state index in [1.54, 1.807) is 12.1 Å². The van der Waals surface area contributed by atoms with Gasteiger partial charge in [0.2, 0.25) is 9.84 Å². The summed E-state index contributed by atoms with van der Waals surface area (Å²) in [5, 5.41) is 0. The third kappa shape index (κ3) is 1.72. The van der Waals surface area contributed by atoms with Gasteiger partial charge in [-0.05, 0) is 56.1 Å². The molecule has 0 saturated carbocycles. The Bertz CT molecular complexity index is 769. The fraction of sp³-hybridized carbons (Fsp3) is 0. The van der Waals surface area contributed by atoms with Crippen LogP contribution in [0.1, 0.15) is 0 Å². The predicted molar refractivity (Wildman–Crippen MR) is 81.6 cm³/mol. The lowest BCUT2D eigenvalue weighted by Crippen LogP contribution is -1.99. The highest BCUT2D eigenvalue weighted by Gasteiger charge is 2.34. The van der Waals surface area contributed by atoms with Crippen LogP contribution in [-0.4, -0.2) is 8.42 Å². The van der Waals surface area contributed by atoms with Crippen LogP contribution in [0.25, 0.3) is 11.1 Å². The van der Waals surface area contributed by atoms with Crippen molar-refractivity contribution in [2.75, 3.05) is 11.5 Å². The molecule has 98 valence electrons. The van der Waals surface area contributed by atoms with Gasteiger partial charge in [0.05, 0.1) is 9.79 Å². The molecule has 0 fully saturated rings. The topological polar surface area (TPSA) is 86.2 Å². The van der Waals surface area contributed by atoms with Gasteiger partial charge in [0, 0.05) is 31.4 Å². The van der Waals surface area contributed by atoms with Crippen molar-refractivity contribution in [3.8, 4) is 11.1 Å². The number of sulfone groups is 1. The molecule has 0 amide bonds. The number of hydrogen-bond acceptors (Lipinski definition) is 4. The molecule has 0 aromatic heterocycles. The fourth-order valence-corrected chi connectivity index (χ4v) is 4.53. The zero-order valence-electron chi connectivity index (χ0n) is 9.44. The Morgan fingerprint density at radius 3 is 1.53 bits per heavy atom. The van der Waals surface area contributed by atoms with E-state index in [0.717, 1.165) is 0 Å². The number of rotatable bonds is 0. The number of fused-ring (bicyclic) bond motifs is 3. The van der Waals surface area contributed by atoms with E-state index in [9.17, 15) is 8.42 Å². The molecule has 7 heteroatoms. The second-order valence-corrected chi connectivity index (χ2v) is 7.84. The first-order valence-corrected chi connectivity index (χ1v) is 8.33. The van der Waals surface area contributed by atoms with Crippen molar-refractivity contribution in [1.29, 1.82) is 0 Å². The molecule has 0 unspecified atom stereocenters. The van der Waals surface area contributed by atoms with Crippen LogP contribution >= 0.6 is 31.9 Å². The van der Waals surface area contributed by atoms with Crippen molar-refractivity contribution in [3.63, 3.8) is 0 Å². The SMILES string of the molecule is Nc1cc2c(cc1Br)-c1cc(Br)c(N)cc1S2(=O)=O. The Morgan fingerprint density at radius 2 is 1.16 bits per heavy atom. The summed E-state index contributed by atoms with van der Waals surface area (Å²) in [4.78, 5) is 0.446. The molecule has 0 radical (unpaired) electrons. The molecule has 19 heavy (non-hydrogen) atoms. The Balaban J connectivity index is 2.48. The van der Waals surface area contributed by atoms with E-state index in [1.807, 2.05) is 0 Å². The van der Waals surface area contributed by atoms with E-state index in [4.69, 9.17) is 11.5 Å². The van der Waals surface area contributed by atoms with Gasteiger partial charge in [-0.25, -0.2) is 8.42 Å².